The molecule has 0 aliphatic rings. The number of aryl methyl sites for hydroxylation is 1. The lowest BCUT2D eigenvalue weighted by molar-refractivity contribution is 0.0599. The largest absolute Gasteiger partial charge is 0.496 e. The Labute approximate surface area is 130 Å². The van der Waals surface area contributed by atoms with Crippen molar-refractivity contribution in [1.29, 1.82) is 0 Å². The van der Waals surface area contributed by atoms with Crippen LogP contribution in [0.1, 0.15) is 16.1 Å². The molecule has 0 aliphatic heterocycles. The lowest BCUT2D eigenvalue weighted by Crippen LogP contribution is -2.04. The number of ether oxygens (including phenoxy) is 3. The van der Waals surface area contributed by atoms with Gasteiger partial charge in [0.05, 0.1) is 31.4 Å². The maximum absolute atomic E-state index is 11.9. The van der Waals surface area contributed by atoms with E-state index in [4.69, 9.17) is 18.7 Å². The summed E-state index contributed by atoms with van der Waals surface area (Å²) in [6.45, 7) is 1.64. The molecule has 1 heterocycles. The van der Waals surface area contributed by atoms with E-state index in [0.717, 1.165) is 4.47 Å². The summed E-state index contributed by atoms with van der Waals surface area (Å²) in [4.78, 5) is 11.9. The van der Waals surface area contributed by atoms with Crippen molar-refractivity contribution in [3.05, 3.63) is 27.9 Å². The predicted octanol–water partition coefficient (Wildman–Crippen LogP) is 3.22. The fraction of sp³-hybridized carbons (Fsp3) is 0.286. The second kappa shape index (κ2) is 6.17. The number of benzene rings is 1. The molecule has 0 amide bonds. The highest BCUT2D eigenvalue weighted by molar-refractivity contribution is 9.10. The summed E-state index contributed by atoms with van der Waals surface area (Å²) >= 11 is 3.38. The topological polar surface area (TPSA) is 70.8 Å². The zero-order chi connectivity index (χ0) is 15.6. The summed E-state index contributed by atoms with van der Waals surface area (Å²) in [7, 11) is 4.38. The van der Waals surface area contributed by atoms with Crippen LogP contribution >= 0.6 is 15.9 Å². The number of halogens is 1. The number of hydrogen-bond donors (Lipinski definition) is 0. The minimum atomic E-state index is -0.521. The zero-order valence-electron chi connectivity index (χ0n) is 12.0. The van der Waals surface area contributed by atoms with Gasteiger partial charge in [-0.25, -0.2) is 4.79 Å². The third kappa shape index (κ3) is 2.73. The van der Waals surface area contributed by atoms with Crippen LogP contribution in [-0.2, 0) is 4.74 Å². The lowest BCUT2D eigenvalue weighted by Gasteiger charge is -2.11. The fourth-order valence-electron chi connectivity index (χ4n) is 1.94. The van der Waals surface area contributed by atoms with Gasteiger partial charge in [-0.05, 0) is 35.0 Å². The van der Waals surface area contributed by atoms with Crippen molar-refractivity contribution < 1.29 is 23.5 Å². The number of nitrogens with zero attached hydrogens (tertiary/aromatic N) is 1. The molecule has 2 aromatic rings. The molecule has 0 saturated carbocycles. The van der Waals surface area contributed by atoms with Crippen molar-refractivity contribution in [1.82, 2.24) is 5.16 Å². The third-order valence-electron chi connectivity index (χ3n) is 2.98. The van der Waals surface area contributed by atoms with Crippen molar-refractivity contribution in [3.63, 3.8) is 0 Å². The van der Waals surface area contributed by atoms with Crippen LogP contribution in [0.2, 0.25) is 0 Å². The highest BCUT2D eigenvalue weighted by atomic mass is 79.9. The SMILES string of the molecule is COC(=O)c1c(-c2cc(OC)c(Br)cc2OC)noc1C. The summed E-state index contributed by atoms with van der Waals surface area (Å²) in [5.41, 5.74) is 1.19. The number of esters is 1. The molecular formula is C14H14BrNO5. The van der Waals surface area contributed by atoms with E-state index < -0.39 is 5.97 Å². The molecule has 21 heavy (non-hydrogen) atoms. The summed E-state index contributed by atoms with van der Waals surface area (Å²) in [5, 5.41) is 3.94. The van der Waals surface area contributed by atoms with Crippen molar-refractivity contribution >= 4 is 21.9 Å². The molecule has 0 N–H and O–H groups in total. The third-order valence-corrected chi connectivity index (χ3v) is 3.60. The first-order valence-electron chi connectivity index (χ1n) is 6.00. The zero-order valence-corrected chi connectivity index (χ0v) is 13.6. The Morgan fingerprint density at radius 2 is 1.86 bits per heavy atom. The van der Waals surface area contributed by atoms with Crippen LogP contribution in [0, 0.1) is 6.92 Å². The van der Waals surface area contributed by atoms with Gasteiger partial charge in [0.25, 0.3) is 0 Å². The molecule has 0 fully saturated rings. The van der Waals surface area contributed by atoms with E-state index in [0.29, 0.717) is 28.5 Å². The maximum atomic E-state index is 11.9. The van der Waals surface area contributed by atoms with Gasteiger partial charge < -0.3 is 18.7 Å². The molecule has 0 radical (unpaired) electrons. The van der Waals surface area contributed by atoms with Gasteiger partial charge >= 0.3 is 5.97 Å². The van der Waals surface area contributed by atoms with E-state index in [-0.39, 0.29) is 5.56 Å². The molecule has 7 heteroatoms. The first kappa shape index (κ1) is 15.4. The first-order chi connectivity index (χ1) is 10.0. The Kier molecular flexibility index (Phi) is 4.52. The van der Waals surface area contributed by atoms with Crippen LogP contribution in [0.25, 0.3) is 11.3 Å². The van der Waals surface area contributed by atoms with Gasteiger partial charge in [0.2, 0.25) is 0 Å². The van der Waals surface area contributed by atoms with E-state index in [9.17, 15) is 4.79 Å². The van der Waals surface area contributed by atoms with E-state index >= 15 is 0 Å². The van der Waals surface area contributed by atoms with Gasteiger partial charge in [-0.3, -0.25) is 0 Å². The van der Waals surface area contributed by atoms with Gasteiger partial charge in [-0.2, -0.15) is 0 Å². The van der Waals surface area contributed by atoms with Gasteiger partial charge in [-0.15, -0.1) is 0 Å². The standard InChI is InChI=1S/C14H14BrNO5/c1-7-12(14(17)20-4)13(16-21-7)8-5-11(19-3)9(15)6-10(8)18-2/h5-6H,1-4H3. The number of carbonyl (C=O) groups excluding carboxylic acids is 1. The average Bonchev–Trinajstić information content (AvgIpc) is 2.87. The van der Waals surface area contributed by atoms with Crippen LogP contribution in [0.3, 0.4) is 0 Å². The average molecular weight is 356 g/mol. The molecule has 1 aromatic carbocycles. The van der Waals surface area contributed by atoms with Crippen LogP contribution in [0.5, 0.6) is 11.5 Å². The number of methoxy groups -OCH3 is 3. The van der Waals surface area contributed by atoms with Crippen molar-refractivity contribution in [3.8, 4) is 22.8 Å². The summed E-state index contributed by atoms with van der Waals surface area (Å²) in [6, 6.07) is 3.45. The molecule has 0 saturated heterocycles. The van der Waals surface area contributed by atoms with Crippen molar-refractivity contribution in [2.75, 3.05) is 21.3 Å². The fourth-order valence-corrected chi connectivity index (χ4v) is 2.43. The summed E-state index contributed by atoms with van der Waals surface area (Å²) < 4.78 is 21.2. The smallest absolute Gasteiger partial charge is 0.343 e. The minimum absolute atomic E-state index is 0.264. The molecule has 0 unspecified atom stereocenters. The summed E-state index contributed by atoms with van der Waals surface area (Å²) in [6.07, 6.45) is 0. The van der Waals surface area contributed by atoms with Gasteiger partial charge in [0.1, 0.15) is 28.5 Å². The van der Waals surface area contributed by atoms with E-state index in [1.54, 1.807) is 26.2 Å². The second-order valence-corrected chi connectivity index (χ2v) is 5.00. The van der Waals surface area contributed by atoms with Gasteiger partial charge in [0, 0.05) is 0 Å². The molecule has 6 nitrogen and oxygen atoms in total. The number of carbonyl (C=O) groups is 1. The molecule has 0 aliphatic carbocycles. The number of aromatic nitrogens is 1. The van der Waals surface area contributed by atoms with Crippen LogP contribution in [0.15, 0.2) is 21.1 Å². The quantitative estimate of drug-likeness (QED) is 0.784. The highest BCUT2D eigenvalue weighted by Gasteiger charge is 2.25. The Bertz CT molecular complexity index is 680. The Hall–Kier alpha value is -2.02. The second-order valence-electron chi connectivity index (χ2n) is 4.14. The van der Waals surface area contributed by atoms with E-state index in [2.05, 4.69) is 21.1 Å². The van der Waals surface area contributed by atoms with Gasteiger partial charge in [-0.1, -0.05) is 5.16 Å². The van der Waals surface area contributed by atoms with Crippen LogP contribution in [-0.4, -0.2) is 32.5 Å². The van der Waals surface area contributed by atoms with E-state index in [1.807, 2.05) is 0 Å². The Morgan fingerprint density at radius 3 is 2.43 bits per heavy atom. The highest BCUT2D eigenvalue weighted by Crippen LogP contribution is 2.40. The van der Waals surface area contributed by atoms with Crippen LogP contribution < -0.4 is 9.47 Å². The van der Waals surface area contributed by atoms with Crippen LogP contribution in [0.4, 0.5) is 0 Å². The maximum Gasteiger partial charge on any atom is 0.343 e. The minimum Gasteiger partial charge on any atom is -0.496 e. The normalized spacial score (nSPS) is 10.3. The van der Waals surface area contributed by atoms with Crippen molar-refractivity contribution in [2.45, 2.75) is 6.92 Å². The lowest BCUT2D eigenvalue weighted by atomic mass is 10.0. The van der Waals surface area contributed by atoms with Gasteiger partial charge in [0.15, 0.2) is 0 Å². The Morgan fingerprint density at radius 1 is 1.19 bits per heavy atom. The molecule has 112 valence electrons. The predicted molar refractivity (Wildman–Crippen MR) is 78.8 cm³/mol. The molecule has 0 atom stereocenters. The monoisotopic (exact) mass is 355 g/mol. The number of hydrogen-bond acceptors (Lipinski definition) is 6. The van der Waals surface area contributed by atoms with E-state index in [1.165, 1.54) is 14.2 Å². The molecule has 0 spiro atoms. The molecule has 2 rings (SSSR count). The first-order valence-corrected chi connectivity index (χ1v) is 6.79. The molecule has 0 bridgehead atoms. The molecular weight excluding hydrogens is 342 g/mol. The summed E-state index contributed by atoms with van der Waals surface area (Å²) in [5.74, 6) is 0.969. The Balaban J connectivity index is 2.69. The number of rotatable bonds is 4. The molecule has 1 aromatic heterocycles. The van der Waals surface area contributed by atoms with Crippen molar-refractivity contribution in [2.24, 2.45) is 0 Å².